The summed E-state index contributed by atoms with van der Waals surface area (Å²) in [6, 6.07) is 19.1. The Kier molecular flexibility index (Phi) is 6.95. The molecule has 0 unspecified atom stereocenters. The van der Waals surface area contributed by atoms with Crippen LogP contribution >= 0.6 is 34.5 Å². The minimum absolute atomic E-state index is 0.254. The smallest absolute Gasteiger partial charge is 0.281 e. The Hall–Kier alpha value is -3.79. The summed E-state index contributed by atoms with van der Waals surface area (Å²) >= 11 is 13.8. The minimum Gasteiger partial charge on any atom is -0.365 e. The number of aromatic nitrogens is 5. The fraction of sp³-hybridized carbons (Fsp3) is 0.0800. The molecule has 180 valence electrons. The third-order valence-corrected chi connectivity index (χ3v) is 6.90. The van der Waals surface area contributed by atoms with E-state index in [0.29, 0.717) is 44.2 Å². The zero-order valence-electron chi connectivity index (χ0n) is 18.6. The molecule has 36 heavy (non-hydrogen) atoms. The Morgan fingerprint density at radius 3 is 2.64 bits per heavy atom. The molecule has 5 aromatic rings. The highest BCUT2D eigenvalue weighted by Crippen LogP contribution is 2.26. The van der Waals surface area contributed by atoms with Gasteiger partial charge in [-0.2, -0.15) is 20.0 Å². The average Bonchev–Trinajstić information content (AvgIpc) is 3.50. The summed E-state index contributed by atoms with van der Waals surface area (Å²) in [5, 5.41) is 16.0. The van der Waals surface area contributed by atoms with Crippen LogP contribution in [-0.2, 0) is 13.1 Å². The fourth-order valence-electron chi connectivity index (χ4n) is 3.62. The first kappa shape index (κ1) is 23.9. The molecule has 0 aliphatic carbocycles. The predicted molar refractivity (Wildman–Crippen MR) is 141 cm³/mol. The maximum atomic E-state index is 13.4. The molecule has 0 spiro atoms. The summed E-state index contributed by atoms with van der Waals surface area (Å²) < 4.78 is 3.42. The molecular formula is C25H18Cl2N6O2S. The van der Waals surface area contributed by atoms with Gasteiger partial charge in [-0.05, 0) is 48.5 Å². The van der Waals surface area contributed by atoms with E-state index in [0.717, 1.165) is 4.88 Å². The monoisotopic (exact) mass is 536 g/mol. The Balaban J connectivity index is 1.53. The van der Waals surface area contributed by atoms with Crippen molar-refractivity contribution in [3.8, 4) is 11.3 Å². The molecule has 4 heterocycles. The van der Waals surface area contributed by atoms with Gasteiger partial charge in [0.05, 0.1) is 39.3 Å². The van der Waals surface area contributed by atoms with Crippen LogP contribution in [0, 0.1) is 0 Å². The van der Waals surface area contributed by atoms with Crippen molar-refractivity contribution in [1.29, 1.82) is 0 Å². The van der Waals surface area contributed by atoms with Crippen molar-refractivity contribution in [2.45, 2.75) is 13.1 Å². The number of benzene rings is 1. The van der Waals surface area contributed by atoms with Gasteiger partial charge in [-0.25, -0.2) is 0 Å². The minimum atomic E-state index is -0.422. The lowest BCUT2D eigenvalue weighted by atomic mass is 10.2. The summed E-state index contributed by atoms with van der Waals surface area (Å²) in [6.45, 7) is 0.675. The van der Waals surface area contributed by atoms with Crippen LogP contribution in [0.4, 0.5) is 5.82 Å². The van der Waals surface area contributed by atoms with Crippen LogP contribution in [0.3, 0.4) is 0 Å². The average molecular weight is 537 g/mol. The largest absolute Gasteiger partial charge is 0.365 e. The number of carbonyl (C=O) groups excluding carboxylic acids is 1. The van der Waals surface area contributed by atoms with E-state index in [1.807, 2.05) is 12.1 Å². The lowest BCUT2D eigenvalue weighted by molar-refractivity contribution is 0.0948. The number of nitrogens with zero attached hydrogens (tertiary/aromatic N) is 5. The number of rotatable bonds is 7. The maximum absolute atomic E-state index is 13.4. The van der Waals surface area contributed by atoms with Crippen LogP contribution < -0.4 is 10.9 Å². The SMILES string of the molecule is O=C(c1ccccc1Cl)n1nc(-c2cccn(Cc3cccnn3)c2=O)cc1NCc1ccc(Cl)s1. The molecule has 0 saturated carbocycles. The Morgan fingerprint density at radius 1 is 1.03 bits per heavy atom. The maximum Gasteiger partial charge on any atom is 0.281 e. The molecule has 0 saturated heterocycles. The highest BCUT2D eigenvalue weighted by Gasteiger charge is 2.21. The van der Waals surface area contributed by atoms with E-state index >= 15 is 0 Å². The zero-order chi connectivity index (χ0) is 25.1. The molecule has 0 fully saturated rings. The quantitative estimate of drug-likeness (QED) is 0.306. The summed E-state index contributed by atoms with van der Waals surface area (Å²) in [5.41, 5.74) is 1.36. The van der Waals surface area contributed by atoms with Gasteiger partial charge in [0, 0.05) is 23.3 Å². The third kappa shape index (κ3) is 5.08. The van der Waals surface area contributed by atoms with E-state index in [2.05, 4.69) is 20.6 Å². The number of hydrogen-bond acceptors (Lipinski definition) is 7. The number of halogens is 2. The molecule has 1 N–H and O–H groups in total. The molecule has 4 aromatic heterocycles. The van der Waals surface area contributed by atoms with Crippen molar-refractivity contribution < 1.29 is 4.79 Å². The molecule has 0 radical (unpaired) electrons. The molecule has 0 aliphatic heterocycles. The van der Waals surface area contributed by atoms with Gasteiger partial charge in [-0.15, -0.1) is 11.3 Å². The highest BCUT2D eigenvalue weighted by atomic mass is 35.5. The number of anilines is 1. The van der Waals surface area contributed by atoms with Gasteiger partial charge in [0.2, 0.25) is 0 Å². The van der Waals surface area contributed by atoms with E-state index in [4.69, 9.17) is 23.2 Å². The van der Waals surface area contributed by atoms with Crippen LogP contribution in [0.5, 0.6) is 0 Å². The summed E-state index contributed by atoms with van der Waals surface area (Å²) in [7, 11) is 0. The number of hydrogen-bond donors (Lipinski definition) is 1. The van der Waals surface area contributed by atoms with E-state index in [1.165, 1.54) is 20.6 Å². The van der Waals surface area contributed by atoms with E-state index in [-0.39, 0.29) is 12.1 Å². The molecule has 8 nitrogen and oxygen atoms in total. The van der Waals surface area contributed by atoms with Crippen LogP contribution in [0.1, 0.15) is 20.9 Å². The van der Waals surface area contributed by atoms with E-state index in [9.17, 15) is 9.59 Å². The summed E-state index contributed by atoms with van der Waals surface area (Å²) in [6.07, 6.45) is 3.25. The first-order valence-corrected chi connectivity index (χ1v) is 12.4. The lowest BCUT2D eigenvalue weighted by Gasteiger charge is -2.09. The first-order valence-electron chi connectivity index (χ1n) is 10.8. The zero-order valence-corrected chi connectivity index (χ0v) is 21.0. The second-order valence-corrected chi connectivity index (χ2v) is 9.95. The van der Waals surface area contributed by atoms with Crippen molar-refractivity contribution in [2.24, 2.45) is 0 Å². The predicted octanol–water partition coefficient (Wildman–Crippen LogP) is 5.22. The molecular weight excluding hydrogens is 519 g/mol. The number of nitrogens with one attached hydrogen (secondary N) is 1. The summed E-state index contributed by atoms with van der Waals surface area (Å²) in [5.74, 6) is -0.00227. The van der Waals surface area contributed by atoms with Crippen molar-refractivity contribution in [1.82, 2.24) is 24.5 Å². The fourth-order valence-corrected chi connectivity index (χ4v) is 4.86. The van der Waals surface area contributed by atoms with Crippen LogP contribution in [0.15, 0.2) is 83.9 Å². The molecule has 0 bridgehead atoms. The Labute approximate surface area is 219 Å². The van der Waals surface area contributed by atoms with Gasteiger partial charge < -0.3 is 9.88 Å². The molecule has 5 rings (SSSR count). The lowest BCUT2D eigenvalue weighted by Crippen LogP contribution is -2.22. The Bertz CT molecular complexity index is 1600. The molecule has 0 atom stereocenters. The molecule has 1 aromatic carbocycles. The Morgan fingerprint density at radius 2 is 1.89 bits per heavy atom. The third-order valence-electron chi connectivity index (χ3n) is 5.33. The normalized spacial score (nSPS) is 10.9. The highest BCUT2D eigenvalue weighted by molar-refractivity contribution is 7.16. The van der Waals surface area contributed by atoms with Crippen LogP contribution in [0.2, 0.25) is 9.36 Å². The number of thiophene rings is 1. The number of carbonyl (C=O) groups is 1. The second-order valence-electron chi connectivity index (χ2n) is 7.74. The van der Waals surface area contributed by atoms with Crippen LogP contribution in [0.25, 0.3) is 11.3 Å². The molecule has 0 aliphatic rings. The van der Waals surface area contributed by atoms with Crippen LogP contribution in [-0.4, -0.2) is 30.5 Å². The number of pyridine rings is 1. The van der Waals surface area contributed by atoms with E-state index < -0.39 is 5.91 Å². The second kappa shape index (κ2) is 10.4. The van der Waals surface area contributed by atoms with Crippen molar-refractivity contribution in [3.63, 3.8) is 0 Å². The first-order chi connectivity index (χ1) is 17.5. The molecule has 0 amide bonds. The van der Waals surface area contributed by atoms with Crippen molar-refractivity contribution in [3.05, 3.63) is 115 Å². The van der Waals surface area contributed by atoms with Crippen molar-refractivity contribution >= 4 is 46.3 Å². The van der Waals surface area contributed by atoms with Gasteiger partial charge in [-0.1, -0.05) is 35.3 Å². The van der Waals surface area contributed by atoms with Gasteiger partial charge in [-0.3, -0.25) is 9.59 Å². The molecule has 11 heteroatoms. The topological polar surface area (TPSA) is 94.7 Å². The summed E-state index contributed by atoms with van der Waals surface area (Å²) in [4.78, 5) is 27.7. The van der Waals surface area contributed by atoms with Gasteiger partial charge in [0.1, 0.15) is 11.5 Å². The van der Waals surface area contributed by atoms with Gasteiger partial charge >= 0.3 is 0 Å². The van der Waals surface area contributed by atoms with Crippen molar-refractivity contribution in [2.75, 3.05) is 5.32 Å². The van der Waals surface area contributed by atoms with Gasteiger partial charge in [0.25, 0.3) is 11.5 Å². The standard InChI is InChI=1S/C25H18Cl2N6O2S/c26-20-8-2-1-6-18(20)25(35)33-23(28-14-17-9-10-22(27)36-17)13-21(31-33)19-7-4-12-32(24(19)34)15-16-5-3-11-29-30-16/h1-13,28H,14-15H2. The van der Waals surface area contributed by atoms with Gasteiger partial charge in [0.15, 0.2) is 0 Å². The van der Waals surface area contributed by atoms with E-state index in [1.54, 1.807) is 67.0 Å².